The molecule has 1 fully saturated rings. The van der Waals surface area contributed by atoms with Gasteiger partial charge in [0.2, 0.25) is 0 Å². The summed E-state index contributed by atoms with van der Waals surface area (Å²) >= 11 is 12.0. The topological polar surface area (TPSA) is 209 Å². The number of aliphatic hydroxyl groups excluding tert-OH is 1. The van der Waals surface area contributed by atoms with E-state index in [0.717, 1.165) is 43.5 Å². The second-order valence-electron chi connectivity index (χ2n) is 17.7. The highest BCUT2D eigenvalue weighted by Crippen LogP contribution is 2.32. The van der Waals surface area contributed by atoms with Crippen LogP contribution < -0.4 is 46.8 Å². The molecule has 0 saturated carbocycles. The van der Waals surface area contributed by atoms with E-state index in [0.29, 0.717) is 22.2 Å². The van der Waals surface area contributed by atoms with Crippen molar-refractivity contribution in [2.24, 2.45) is 14.1 Å². The molecule has 4 aromatic heterocycles. The first-order valence-electron chi connectivity index (χ1n) is 23.3. The van der Waals surface area contributed by atoms with Crippen LogP contribution in [0, 0.1) is 0 Å². The van der Waals surface area contributed by atoms with Crippen molar-refractivity contribution < 1.29 is 55.1 Å². The van der Waals surface area contributed by atoms with Crippen molar-refractivity contribution in [2.75, 3.05) is 41.3 Å². The molecule has 0 spiro atoms. The van der Waals surface area contributed by atoms with Gasteiger partial charge in [-0.05, 0) is 87.8 Å². The lowest BCUT2D eigenvalue weighted by atomic mass is 10.2. The Bertz CT molecular complexity index is 3650. The third-order valence-corrected chi connectivity index (χ3v) is 11.7. The van der Waals surface area contributed by atoms with E-state index in [-0.39, 0.29) is 97.1 Å². The van der Waals surface area contributed by atoms with Crippen molar-refractivity contribution in [3.8, 4) is 35.0 Å². The molecule has 8 aromatic rings. The number of halogens is 9. The third-order valence-electron chi connectivity index (χ3n) is 11.2. The molecule has 4 aromatic carbocycles. The SMILES string of the molecule is CN(C)CC(O)Cn1c(=O)c2c(nc(Oc3cccc(OC(F)(F)F)c3)n2Cc2ccc(Cl)cc2)n(C)c1=O.CNC.Cl.Cn1c(=O)n(CC2CO2)c(=O)c2c1nc(Oc1cccc(OC(F)(F)F)c1)n2Cc1ccc(Cl)cc1. The summed E-state index contributed by atoms with van der Waals surface area (Å²) in [5.41, 5.74) is -0.995. The number of nitrogens with zero attached hydrogens (tertiary/aromatic N) is 9. The lowest BCUT2D eigenvalue weighted by Gasteiger charge is -2.17. The predicted molar refractivity (Wildman–Crippen MR) is 283 cm³/mol. The number of aliphatic hydroxyl groups is 1. The van der Waals surface area contributed by atoms with Crippen molar-refractivity contribution in [3.63, 3.8) is 0 Å². The Kier molecular flexibility index (Phi) is 19.8. The first kappa shape index (κ1) is 60.9. The molecule has 0 bridgehead atoms. The Balaban J connectivity index is 0.000000241. The summed E-state index contributed by atoms with van der Waals surface area (Å²) in [4.78, 5) is 63.4. The molecule has 1 aliphatic rings. The minimum absolute atomic E-state index is 0. The first-order chi connectivity index (χ1) is 36.8. The molecule has 20 nitrogen and oxygen atoms in total. The number of fused-ring (bicyclic) bond motifs is 2. The van der Waals surface area contributed by atoms with Crippen LogP contribution >= 0.6 is 35.6 Å². The molecule has 0 aliphatic carbocycles. The fourth-order valence-electron chi connectivity index (χ4n) is 7.77. The Morgan fingerprint density at radius 3 is 1.43 bits per heavy atom. The normalized spacial score (nSPS) is 13.5. The van der Waals surface area contributed by atoms with Gasteiger partial charge in [0.15, 0.2) is 22.3 Å². The molecule has 5 heterocycles. The van der Waals surface area contributed by atoms with Gasteiger partial charge in [0.05, 0.1) is 45.0 Å². The van der Waals surface area contributed by atoms with Crippen LogP contribution in [0.1, 0.15) is 11.1 Å². The number of ether oxygens (including phenoxy) is 5. The summed E-state index contributed by atoms with van der Waals surface area (Å²) < 4.78 is 108. The van der Waals surface area contributed by atoms with E-state index in [2.05, 4.69) is 24.8 Å². The van der Waals surface area contributed by atoms with Crippen LogP contribution in [0.15, 0.2) is 116 Å². The highest BCUT2D eigenvalue weighted by molar-refractivity contribution is 6.30. The zero-order valence-electron chi connectivity index (χ0n) is 42.7. The molecule has 1 aliphatic heterocycles. The maximum atomic E-state index is 13.6. The van der Waals surface area contributed by atoms with Crippen LogP contribution in [0.25, 0.3) is 22.3 Å². The maximum absolute atomic E-state index is 13.6. The summed E-state index contributed by atoms with van der Waals surface area (Å²) in [6.45, 7) is 0.634. The predicted octanol–water partition coefficient (Wildman–Crippen LogP) is 7.16. The zero-order valence-corrected chi connectivity index (χ0v) is 45.0. The Labute approximate surface area is 460 Å². The second kappa shape index (κ2) is 25.6. The number of hydrogen-bond donors (Lipinski definition) is 2. The molecule has 0 radical (unpaired) electrons. The minimum Gasteiger partial charge on any atom is -0.425 e. The number of benzene rings is 4. The van der Waals surface area contributed by atoms with E-state index in [9.17, 15) is 50.6 Å². The Hall–Kier alpha value is -7.33. The molecule has 9 rings (SSSR count). The van der Waals surface area contributed by atoms with E-state index < -0.39 is 52.8 Å². The number of imidazole rings is 2. The average Bonchev–Trinajstić information content (AvgIpc) is 4.02. The van der Waals surface area contributed by atoms with Gasteiger partial charge in [-0.2, -0.15) is 9.97 Å². The molecule has 0 amide bonds. The highest BCUT2D eigenvalue weighted by Gasteiger charge is 2.33. The minimum atomic E-state index is -4.90. The van der Waals surface area contributed by atoms with E-state index in [1.54, 1.807) is 67.5 Å². The smallest absolute Gasteiger partial charge is 0.425 e. The fraction of sp³-hybridized carbons (Fsp3) is 0.320. The standard InChI is InChI=1S/C25H25ClF3N5O5.C23H18ClF3N4O5.C2H7N.ClH/c1-31(2)13-17(35)14-34-22(36)20-21(32(3)24(34)37)30-23(33(20)12-15-7-9-16(26)10-8-15)38-18-5-4-6-19(11-18)39-25(27,28)29;1-29-19-18(20(32)31(22(29)33)11-17-12-34-17)30(10-13-5-7-14(24)8-6-13)21(28-19)35-15-3-2-4-16(9-15)36-23(25,26)27;1-3-2;/h4-11,17,35H,12-14H2,1-3H3;2-9,17H,10-12H2,1H3;3H,1-2H3;1H. The van der Waals surface area contributed by atoms with Gasteiger partial charge in [-0.25, -0.2) is 9.59 Å². The molecular weight excluding hydrogens is 1120 g/mol. The lowest BCUT2D eigenvalue weighted by Crippen LogP contribution is -2.43. The van der Waals surface area contributed by atoms with Gasteiger partial charge in [0.25, 0.3) is 11.1 Å². The molecule has 2 atom stereocenters. The van der Waals surface area contributed by atoms with Crippen molar-refractivity contribution >= 4 is 57.9 Å². The van der Waals surface area contributed by atoms with Gasteiger partial charge in [-0.15, -0.1) is 38.7 Å². The van der Waals surface area contributed by atoms with Crippen LogP contribution in [0.2, 0.25) is 10.0 Å². The van der Waals surface area contributed by atoms with Crippen LogP contribution in [0.5, 0.6) is 35.0 Å². The lowest BCUT2D eigenvalue weighted by molar-refractivity contribution is -0.275. The van der Waals surface area contributed by atoms with E-state index >= 15 is 0 Å². The Morgan fingerprint density at radius 1 is 0.671 bits per heavy atom. The summed E-state index contributed by atoms with van der Waals surface area (Å²) in [6.07, 6.45) is -11.0. The van der Waals surface area contributed by atoms with Gasteiger partial charge >= 0.3 is 36.1 Å². The van der Waals surface area contributed by atoms with E-state index in [4.69, 9.17) is 37.4 Å². The van der Waals surface area contributed by atoms with Crippen molar-refractivity contribution in [2.45, 2.75) is 51.1 Å². The number of aryl methyl sites for hydroxylation is 2. The zero-order chi connectivity index (χ0) is 56.8. The molecule has 1 saturated heterocycles. The molecule has 424 valence electrons. The molecular formula is C50H51Cl3F6N10O10. The van der Waals surface area contributed by atoms with Crippen molar-refractivity contribution in [1.29, 1.82) is 0 Å². The number of aromatic nitrogens is 8. The monoisotopic (exact) mass is 1170 g/mol. The largest absolute Gasteiger partial charge is 0.573 e. The van der Waals surface area contributed by atoms with Crippen molar-refractivity contribution in [3.05, 3.63) is 160 Å². The highest BCUT2D eigenvalue weighted by atomic mass is 35.5. The summed E-state index contributed by atoms with van der Waals surface area (Å²) in [5.74, 6) is -1.05. The molecule has 29 heteroatoms. The van der Waals surface area contributed by atoms with Gasteiger partial charge in [-0.1, -0.05) is 59.6 Å². The molecule has 2 unspecified atom stereocenters. The van der Waals surface area contributed by atoms with Crippen LogP contribution in [-0.2, 0) is 45.0 Å². The number of epoxide rings is 1. The van der Waals surface area contributed by atoms with Crippen LogP contribution in [-0.4, -0.2) is 114 Å². The second-order valence-corrected chi connectivity index (χ2v) is 18.6. The maximum Gasteiger partial charge on any atom is 0.573 e. The van der Waals surface area contributed by atoms with E-state index in [1.807, 2.05) is 14.1 Å². The molecule has 2 N–H and O–H groups in total. The number of nitrogens with one attached hydrogen (secondary N) is 1. The summed E-state index contributed by atoms with van der Waals surface area (Å²) in [5, 5.41) is 14.2. The van der Waals surface area contributed by atoms with E-state index in [1.165, 1.54) is 52.1 Å². The van der Waals surface area contributed by atoms with Gasteiger partial charge in [0.1, 0.15) is 23.0 Å². The quantitative estimate of drug-likeness (QED) is 0.0728. The number of hydrogen-bond acceptors (Lipinski definition) is 14. The summed E-state index contributed by atoms with van der Waals surface area (Å²) in [6, 6.07) is 23.1. The number of rotatable bonds is 16. The van der Waals surface area contributed by atoms with Crippen LogP contribution in [0.4, 0.5) is 26.3 Å². The number of alkyl halides is 6. The fourth-order valence-corrected chi connectivity index (χ4v) is 8.02. The number of likely N-dealkylation sites (N-methyl/N-ethyl adjacent to an activating group) is 1. The Morgan fingerprint density at radius 2 is 1.05 bits per heavy atom. The van der Waals surface area contributed by atoms with Gasteiger partial charge < -0.3 is 39.0 Å². The van der Waals surface area contributed by atoms with Gasteiger partial charge in [0, 0.05) is 42.8 Å². The first-order valence-corrected chi connectivity index (χ1v) is 24.1. The van der Waals surface area contributed by atoms with Crippen molar-refractivity contribution in [1.82, 2.24) is 47.6 Å². The molecule has 79 heavy (non-hydrogen) atoms. The average molecular weight is 1170 g/mol. The van der Waals surface area contributed by atoms with Crippen LogP contribution in [0.3, 0.4) is 0 Å². The van der Waals surface area contributed by atoms with Gasteiger partial charge in [-0.3, -0.25) is 37.0 Å². The summed E-state index contributed by atoms with van der Waals surface area (Å²) in [7, 11) is 10.1. The third kappa shape index (κ3) is 15.7.